The lowest BCUT2D eigenvalue weighted by atomic mass is 10.2. The molecule has 0 aromatic heterocycles. The van der Waals surface area contributed by atoms with Crippen molar-refractivity contribution in [2.75, 3.05) is 6.54 Å². The van der Waals surface area contributed by atoms with Crippen LogP contribution in [0.25, 0.3) is 0 Å². The normalized spacial score (nSPS) is 11.7. The van der Waals surface area contributed by atoms with Crippen LogP contribution in [0.2, 0.25) is 0 Å². The minimum atomic E-state index is -3.71. The molecule has 0 saturated heterocycles. The van der Waals surface area contributed by atoms with Crippen LogP contribution in [0.4, 0.5) is 4.39 Å². The van der Waals surface area contributed by atoms with Crippen LogP contribution in [-0.2, 0) is 10.0 Å². The predicted octanol–water partition coefficient (Wildman–Crippen LogP) is 1.82. The molecule has 84 valence electrons. The second-order valence-corrected chi connectivity index (χ2v) is 4.99. The molecule has 3 nitrogen and oxygen atoms in total. The fourth-order valence-electron chi connectivity index (χ4n) is 1.27. The summed E-state index contributed by atoms with van der Waals surface area (Å²) in [4.78, 5) is -0.251. The smallest absolute Gasteiger partial charge is 0.211 e. The van der Waals surface area contributed by atoms with Crippen molar-refractivity contribution in [1.82, 2.24) is 4.72 Å². The summed E-state index contributed by atoms with van der Waals surface area (Å²) in [5, 5.41) is 0. The Morgan fingerprint density at radius 1 is 1.40 bits per heavy atom. The van der Waals surface area contributed by atoms with Gasteiger partial charge in [0.2, 0.25) is 10.0 Å². The molecular formula is C10H14FNO2S. The van der Waals surface area contributed by atoms with E-state index in [9.17, 15) is 12.8 Å². The molecule has 0 aliphatic heterocycles. The molecule has 1 aromatic rings. The maximum atomic E-state index is 13.4. The quantitative estimate of drug-likeness (QED) is 0.859. The Balaban J connectivity index is 3.15. The van der Waals surface area contributed by atoms with E-state index in [1.165, 1.54) is 6.07 Å². The number of hydrogen-bond acceptors (Lipinski definition) is 2. The van der Waals surface area contributed by atoms with E-state index in [0.29, 0.717) is 18.5 Å². The lowest BCUT2D eigenvalue weighted by Crippen LogP contribution is -2.26. The van der Waals surface area contributed by atoms with E-state index >= 15 is 0 Å². The number of nitrogens with one attached hydrogen (secondary N) is 1. The Bertz CT molecular complexity index is 422. The van der Waals surface area contributed by atoms with Crippen molar-refractivity contribution in [2.24, 2.45) is 0 Å². The maximum Gasteiger partial charge on any atom is 0.243 e. The number of benzene rings is 1. The summed E-state index contributed by atoms with van der Waals surface area (Å²) in [6, 6.07) is 4.21. The monoisotopic (exact) mass is 231 g/mol. The summed E-state index contributed by atoms with van der Waals surface area (Å²) in [5.41, 5.74) is 0.415. The summed E-state index contributed by atoms with van der Waals surface area (Å²) in [6.07, 6.45) is 0.673. The first kappa shape index (κ1) is 12.1. The van der Waals surface area contributed by atoms with Gasteiger partial charge in [0, 0.05) is 6.54 Å². The Labute approximate surface area is 89.4 Å². The van der Waals surface area contributed by atoms with Crippen LogP contribution in [0, 0.1) is 12.7 Å². The van der Waals surface area contributed by atoms with Crippen LogP contribution < -0.4 is 4.72 Å². The molecule has 1 N–H and O–H groups in total. The Hall–Kier alpha value is -0.940. The molecule has 0 atom stereocenters. The summed E-state index contributed by atoms with van der Waals surface area (Å²) < 4.78 is 39.1. The largest absolute Gasteiger partial charge is 0.243 e. The molecule has 0 unspecified atom stereocenters. The van der Waals surface area contributed by atoms with Gasteiger partial charge in [-0.1, -0.05) is 19.1 Å². The fourth-order valence-corrected chi connectivity index (χ4v) is 2.70. The second kappa shape index (κ2) is 4.72. The third-order valence-corrected chi connectivity index (χ3v) is 3.61. The minimum absolute atomic E-state index is 0.251. The SMILES string of the molecule is CCCNS(=O)(=O)c1c(C)cccc1F. The van der Waals surface area contributed by atoms with E-state index in [1.807, 2.05) is 6.92 Å². The zero-order valence-corrected chi connectivity index (χ0v) is 9.57. The third kappa shape index (κ3) is 2.76. The van der Waals surface area contributed by atoms with Crippen LogP contribution >= 0.6 is 0 Å². The van der Waals surface area contributed by atoms with Gasteiger partial charge in [-0.2, -0.15) is 0 Å². The van der Waals surface area contributed by atoms with E-state index in [0.717, 1.165) is 6.07 Å². The highest BCUT2D eigenvalue weighted by atomic mass is 32.2. The Morgan fingerprint density at radius 2 is 2.07 bits per heavy atom. The van der Waals surface area contributed by atoms with Gasteiger partial charge in [0.15, 0.2) is 0 Å². The van der Waals surface area contributed by atoms with Crippen LogP contribution in [-0.4, -0.2) is 15.0 Å². The van der Waals surface area contributed by atoms with Crippen molar-refractivity contribution in [3.63, 3.8) is 0 Å². The average molecular weight is 231 g/mol. The van der Waals surface area contributed by atoms with E-state index in [1.54, 1.807) is 13.0 Å². The lowest BCUT2D eigenvalue weighted by Gasteiger charge is -2.08. The molecule has 0 aliphatic rings. The van der Waals surface area contributed by atoms with Crippen molar-refractivity contribution >= 4 is 10.0 Å². The van der Waals surface area contributed by atoms with E-state index in [4.69, 9.17) is 0 Å². The molecule has 15 heavy (non-hydrogen) atoms. The van der Waals surface area contributed by atoms with Gasteiger partial charge < -0.3 is 0 Å². The topological polar surface area (TPSA) is 46.2 Å². The Morgan fingerprint density at radius 3 is 2.60 bits per heavy atom. The van der Waals surface area contributed by atoms with Gasteiger partial charge >= 0.3 is 0 Å². The summed E-state index contributed by atoms with van der Waals surface area (Å²) in [7, 11) is -3.71. The van der Waals surface area contributed by atoms with Crippen molar-refractivity contribution in [2.45, 2.75) is 25.2 Å². The minimum Gasteiger partial charge on any atom is -0.211 e. The molecule has 0 spiro atoms. The zero-order chi connectivity index (χ0) is 11.5. The number of rotatable bonds is 4. The third-order valence-electron chi connectivity index (χ3n) is 1.97. The van der Waals surface area contributed by atoms with Crippen molar-refractivity contribution < 1.29 is 12.8 Å². The molecule has 0 bridgehead atoms. The van der Waals surface area contributed by atoms with Crippen molar-refractivity contribution in [3.05, 3.63) is 29.6 Å². The van der Waals surface area contributed by atoms with E-state index < -0.39 is 15.8 Å². The number of hydrogen-bond donors (Lipinski definition) is 1. The van der Waals surface area contributed by atoms with Gasteiger partial charge in [-0.15, -0.1) is 0 Å². The van der Waals surface area contributed by atoms with E-state index in [-0.39, 0.29) is 4.90 Å². The standard InChI is InChI=1S/C10H14FNO2S/c1-3-7-12-15(13,14)10-8(2)5-4-6-9(10)11/h4-6,12H,3,7H2,1-2H3. The number of sulfonamides is 1. The Kier molecular flexibility index (Phi) is 3.82. The zero-order valence-electron chi connectivity index (χ0n) is 8.75. The highest BCUT2D eigenvalue weighted by molar-refractivity contribution is 7.89. The molecule has 5 heteroatoms. The van der Waals surface area contributed by atoms with Crippen molar-refractivity contribution in [3.8, 4) is 0 Å². The van der Waals surface area contributed by atoms with E-state index in [2.05, 4.69) is 4.72 Å². The van der Waals surface area contributed by atoms with Gasteiger partial charge in [0.1, 0.15) is 10.7 Å². The van der Waals surface area contributed by atoms with Gasteiger partial charge in [0.05, 0.1) is 0 Å². The summed E-state index contributed by atoms with van der Waals surface area (Å²) >= 11 is 0. The van der Waals surface area contributed by atoms with Gasteiger partial charge in [0.25, 0.3) is 0 Å². The first-order chi connectivity index (χ1) is 6.99. The average Bonchev–Trinajstić information content (AvgIpc) is 2.14. The first-order valence-corrected chi connectivity index (χ1v) is 6.22. The molecular weight excluding hydrogens is 217 g/mol. The fraction of sp³-hybridized carbons (Fsp3) is 0.400. The molecule has 0 heterocycles. The molecule has 0 radical (unpaired) electrons. The molecule has 1 aromatic carbocycles. The van der Waals surface area contributed by atoms with Gasteiger partial charge in [-0.3, -0.25) is 0 Å². The van der Waals surface area contributed by atoms with Crippen LogP contribution in [0.3, 0.4) is 0 Å². The predicted molar refractivity (Wildman–Crippen MR) is 56.6 cm³/mol. The van der Waals surface area contributed by atoms with Crippen LogP contribution in [0.1, 0.15) is 18.9 Å². The molecule has 0 saturated carbocycles. The number of aryl methyl sites for hydroxylation is 1. The van der Waals surface area contributed by atoms with Gasteiger partial charge in [-0.25, -0.2) is 17.5 Å². The molecule has 0 aliphatic carbocycles. The number of halogens is 1. The maximum absolute atomic E-state index is 13.4. The summed E-state index contributed by atoms with van der Waals surface area (Å²) in [5.74, 6) is -0.710. The lowest BCUT2D eigenvalue weighted by molar-refractivity contribution is 0.554. The molecule has 1 rings (SSSR count). The molecule has 0 amide bonds. The molecule has 0 fully saturated rings. The first-order valence-electron chi connectivity index (χ1n) is 4.74. The highest BCUT2D eigenvalue weighted by Gasteiger charge is 2.20. The van der Waals surface area contributed by atoms with Crippen LogP contribution in [0.5, 0.6) is 0 Å². The van der Waals surface area contributed by atoms with Gasteiger partial charge in [-0.05, 0) is 25.0 Å². The van der Waals surface area contributed by atoms with Crippen LogP contribution in [0.15, 0.2) is 23.1 Å². The second-order valence-electron chi connectivity index (χ2n) is 3.28. The highest BCUT2D eigenvalue weighted by Crippen LogP contribution is 2.18. The summed E-state index contributed by atoms with van der Waals surface area (Å²) in [6.45, 7) is 3.73. The van der Waals surface area contributed by atoms with Crippen molar-refractivity contribution in [1.29, 1.82) is 0 Å².